The topological polar surface area (TPSA) is 55.1 Å². The fraction of sp³-hybridized carbons (Fsp3) is 0.400. The summed E-state index contributed by atoms with van der Waals surface area (Å²) in [6, 6.07) is 7.68. The van der Waals surface area contributed by atoms with Gasteiger partial charge in [-0.1, -0.05) is 25.2 Å². The molecule has 1 aliphatic carbocycles. The Hall–Kier alpha value is -1.79. The Bertz CT molecular complexity index is 481. The Morgan fingerprint density at radius 1 is 1.44 bits per heavy atom. The minimum absolute atomic E-state index is 0.00860. The fourth-order valence-electron chi connectivity index (χ4n) is 1.99. The largest absolute Gasteiger partial charge is 0.349 e. The van der Waals surface area contributed by atoms with Gasteiger partial charge in [0.15, 0.2) is 0 Å². The van der Waals surface area contributed by atoms with Crippen molar-refractivity contribution in [3.8, 4) is 11.8 Å². The van der Waals surface area contributed by atoms with E-state index in [2.05, 4.69) is 24.1 Å². The van der Waals surface area contributed by atoms with Crippen LogP contribution in [0.4, 0.5) is 0 Å². The maximum absolute atomic E-state index is 11.9. The van der Waals surface area contributed by atoms with E-state index >= 15 is 0 Å². The van der Waals surface area contributed by atoms with Crippen LogP contribution >= 0.6 is 0 Å². The normalized spacial score (nSPS) is 20.8. The van der Waals surface area contributed by atoms with E-state index in [4.69, 9.17) is 5.73 Å². The van der Waals surface area contributed by atoms with Gasteiger partial charge in [-0.05, 0) is 36.6 Å². The van der Waals surface area contributed by atoms with E-state index < -0.39 is 0 Å². The molecule has 94 valence electrons. The van der Waals surface area contributed by atoms with Gasteiger partial charge >= 0.3 is 0 Å². The molecule has 0 aliphatic heterocycles. The van der Waals surface area contributed by atoms with Gasteiger partial charge in [0.05, 0.1) is 6.54 Å². The highest BCUT2D eigenvalue weighted by Gasteiger charge is 2.36. The van der Waals surface area contributed by atoms with Gasteiger partial charge in [0.1, 0.15) is 0 Å². The molecule has 3 N–H and O–H groups in total. The first-order valence-electron chi connectivity index (χ1n) is 6.34. The third kappa shape index (κ3) is 3.12. The molecular weight excluding hydrogens is 224 g/mol. The first kappa shape index (κ1) is 12.7. The predicted octanol–water partition coefficient (Wildman–Crippen LogP) is 1.53. The standard InChI is InChI=1S/C15H18N2O/c1-2-12-10-14(12)17-15(18)13-7-5-11(6-8-13)4-3-9-16/h5-8,12,14H,2,9-10,16H2,1H3,(H,17,18). The van der Waals surface area contributed by atoms with Gasteiger partial charge in [0.2, 0.25) is 0 Å². The van der Waals surface area contributed by atoms with Gasteiger partial charge in [-0.2, -0.15) is 0 Å². The zero-order valence-electron chi connectivity index (χ0n) is 10.6. The van der Waals surface area contributed by atoms with Gasteiger partial charge in [-0.3, -0.25) is 4.79 Å². The van der Waals surface area contributed by atoms with Crippen LogP contribution < -0.4 is 11.1 Å². The van der Waals surface area contributed by atoms with Gasteiger partial charge in [0.25, 0.3) is 5.91 Å². The van der Waals surface area contributed by atoms with E-state index in [1.165, 1.54) is 0 Å². The lowest BCUT2D eigenvalue weighted by atomic mass is 10.1. The number of carbonyl (C=O) groups excluding carboxylic acids is 1. The molecule has 18 heavy (non-hydrogen) atoms. The minimum atomic E-state index is 0.00860. The summed E-state index contributed by atoms with van der Waals surface area (Å²) in [6.45, 7) is 2.50. The Balaban J connectivity index is 1.95. The number of carbonyl (C=O) groups is 1. The molecule has 0 aromatic heterocycles. The molecule has 2 unspecified atom stereocenters. The van der Waals surface area contributed by atoms with Gasteiger partial charge in [-0.25, -0.2) is 0 Å². The van der Waals surface area contributed by atoms with Crippen LogP contribution in [0, 0.1) is 17.8 Å². The van der Waals surface area contributed by atoms with E-state index in [1.54, 1.807) is 12.1 Å². The molecule has 1 aromatic rings. The van der Waals surface area contributed by atoms with E-state index in [0.717, 1.165) is 18.4 Å². The van der Waals surface area contributed by atoms with E-state index in [9.17, 15) is 4.79 Å². The van der Waals surface area contributed by atoms with E-state index in [0.29, 0.717) is 24.1 Å². The van der Waals surface area contributed by atoms with Gasteiger partial charge in [0, 0.05) is 17.2 Å². The number of benzene rings is 1. The highest BCUT2D eigenvalue weighted by Crippen LogP contribution is 2.33. The lowest BCUT2D eigenvalue weighted by Gasteiger charge is -2.04. The maximum atomic E-state index is 11.9. The predicted molar refractivity (Wildman–Crippen MR) is 72.0 cm³/mol. The summed E-state index contributed by atoms with van der Waals surface area (Å²) in [5.74, 6) is 6.40. The number of rotatable bonds is 3. The first-order chi connectivity index (χ1) is 8.74. The summed E-state index contributed by atoms with van der Waals surface area (Å²) in [5, 5.41) is 3.04. The summed E-state index contributed by atoms with van der Waals surface area (Å²) in [5.41, 5.74) is 6.88. The van der Waals surface area contributed by atoms with Crippen molar-refractivity contribution in [3.05, 3.63) is 35.4 Å². The van der Waals surface area contributed by atoms with E-state index in [1.807, 2.05) is 12.1 Å². The molecule has 2 atom stereocenters. The molecule has 1 saturated carbocycles. The molecule has 1 amide bonds. The van der Waals surface area contributed by atoms with Crippen molar-refractivity contribution in [3.63, 3.8) is 0 Å². The Labute approximate surface area is 108 Å². The molecule has 1 aromatic carbocycles. The Kier molecular flexibility index (Phi) is 4.01. The number of hydrogen-bond acceptors (Lipinski definition) is 2. The van der Waals surface area contributed by atoms with Crippen LogP contribution in [-0.2, 0) is 0 Å². The first-order valence-corrected chi connectivity index (χ1v) is 6.34. The average Bonchev–Trinajstić information content (AvgIpc) is 3.15. The van der Waals surface area contributed by atoms with Crippen molar-refractivity contribution in [1.29, 1.82) is 0 Å². The maximum Gasteiger partial charge on any atom is 0.251 e. The average molecular weight is 242 g/mol. The lowest BCUT2D eigenvalue weighted by molar-refractivity contribution is 0.0949. The summed E-state index contributed by atoms with van der Waals surface area (Å²) in [6.07, 6.45) is 2.25. The summed E-state index contributed by atoms with van der Waals surface area (Å²) in [4.78, 5) is 11.9. The molecule has 3 nitrogen and oxygen atoms in total. The zero-order valence-corrected chi connectivity index (χ0v) is 10.6. The molecule has 1 fully saturated rings. The molecule has 0 heterocycles. The fourth-order valence-corrected chi connectivity index (χ4v) is 1.99. The van der Waals surface area contributed by atoms with Crippen LogP contribution in [0.3, 0.4) is 0 Å². The number of nitrogens with two attached hydrogens (primary N) is 1. The third-order valence-electron chi connectivity index (χ3n) is 3.25. The zero-order chi connectivity index (χ0) is 13.0. The van der Waals surface area contributed by atoms with Crippen molar-refractivity contribution >= 4 is 5.91 Å². The molecule has 0 bridgehead atoms. The molecule has 3 heteroatoms. The van der Waals surface area contributed by atoms with Crippen molar-refractivity contribution in [2.45, 2.75) is 25.8 Å². The van der Waals surface area contributed by atoms with Crippen LogP contribution in [0.1, 0.15) is 35.7 Å². The highest BCUT2D eigenvalue weighted by atomic mass is 16.1. The molecule has 0 radical (unpaired) electrons. The molecule has 2 rings (SSSR count). The second-order valence-corrected chi connectivity index (χ2v) is 4.57. The minimum Gasteiger partial charge on any atom is -0.349 e. The van der Waals surface area contributed by atoms with Gasteiger partial charge < -0.3 is 11.1 Å². The lowest BCUT2D eigenvalue weighted by Crippen LogP contribution is -2.26. The van der Waals surface area contributed by atoms with Crippen molar-refractivity contribution in [2.75, 3.05) is 6.54 Å². The van der Waals surface area contributed by atoms with Crippen LogP contribution in [0.15, 0.2) is 24.3 Å². The van der Waals surface area contributed by atoms with E-state index in [-0.39, 0.29) is 5.91 Å². The van der Waals surface area contributed by atoms with Crippen molar-refractivity contribution in [1.82, 2.24) is 5.32 Å². The second-order valence-electron chi connectivity index (χ2n) is 4.57. The van der Waals surface area contributed by atoms with Crippen LogP contribution in [0.5, 0.6) is 0 Å². The number of amides is 1. The van der Waals surface area contributed by atoms with Gasteiger partial charge in [-0.15, -0.1) is 0 Å². The number of hydrogen-bond donors (Lipinski definition) is 2. The quantitative estimate of drug-likeness (QED) is 0.790. The Morgan fingerprint density at radius 2 is 2.17 bits per heavy atom. The highest BCUT2D eigenvalue weighted by molar-refractivity contribution is 5.94. The smallest absolute Gasteiger partial charge is 0.251 e. The van der Waals surface area contributed by atoms with Crippen LogP contribution in [0.25, 0.3) is 0 Å². The van der Waals surface area contributed by atoms with Crippen LogP contribution in [0.2, 0.25) is 0 Å². The molecule has 0 saturated heterocycles. The van der Waals surface area contributed by atoms with Crippen molar-refractivity contribution in [2.24, 2.45) is 11.7 Å². The summed E-state index contributed by atoms with van der Waals surface area (Å²) < 4.78 is 0. The Morgan fingerprint density at radius 3 is 2.72 bits per heavy atom. The molecule has 1 aliphatic rings. The van der Waals surface area contributed by atoms with Crippen LogP contribution in [-0.4, -0.2) is 18.5 Å². The SMILES string of the molecule is CCC1CC1NC(=O)c1ccc(C#CCN)cc1. The van der Waals surface area contributed by atoms with Crippen molar-refractivity contribution < 1.29 is 4.79 Å². The second kappa shape index (κ2) is 5.70. The number of nitrogens with one attached hydrogen (secondary N) is 1. The third-order valence-corrected chi connectivity index (χ3v) is 3.25. The summed E-state index contributed by atoms with van der Waals surface area (Å²) in [7, 11) is 0. The summed E-state index contributed by atoms with van der Waals surface area (Å²) >= 11 is 0. The monoisotopic (exact) mass is 242 g/mol. The molecular formula is C15H18N2O. The molecule has 0 spiro atoms.